The molecule has 0 aromatic heterocycles. The van der Waals surface area contributed by atoms with Gasteiger partial charge in [-0.25, -0.2) is 0 Å². The van der Waals surface area contributed by atoms with E-state index in [4.69, 9.17) is 27.9 Å². The molecular formula is C11H7Cl2NO2. The number of rotatable bonds is 2. The molecule has 0 bridgehead atoms. The van der Waals surface area contributed by atoms with Crippen molar-refractivity contribution in [3.05, 3.63) is 48.0 Å². The minimum atomic E-state index is -1.55. The van der Waals surface area contributed by atoms with E-state index in [2.05, 4.69) is 4.99 Å². The zero-order valence-electron chi connectivity index (χ0n) is 8.06. The fourth-order valence-corrected chi connectivity index (χ4v) is 1.62. The first-order valence-corrected chi connectivity index (χ1v) is 5.26. The molecule has 0 N–H and O–H groups in total. The Morgan fingerprint density at radius 3 is 2.38 bits per heavy atom. The fourth-order valence-electron chi connectivity index (χ4n) is 1.21. The minimum Gasteiger partial charge on any atom is -0.437 e. The predicted octanol–water partition coefficient (Wildman–Crippen LogP) is 2.79. The first kappa shape index (κ1) is 11.2. The van der Waals surface area contributed by atoms with E-state index < -0.39 is 4.52 Å². The molecule has 0 spiro atoms. The molecule has 3 nitrogen and oxygen atoms in total. The number of amides is 1. The van der Waals surface area contributed by atoms with E-state index in [0.29, 0.717) is 5.56 Å². The first-order chi connectivity index (χ1) is 7.58. The van der Waals surface area contributed by atoms with Gasteiger partial charge in [0.05, 0.1) is 0 Å². The SMILES string of the molecule is O=C1C=CC(OC(Cl)(Cl)c2ccccc2)=N1. The lowest BCUT2D eigenvalue weighted by atomic mass is 10.2. The highest BCUT2D eigenvalue weighted by Gasteiger charge is 2.30. The topological polar surface area (TPSA) is 38.7 Å². The molecule has 0 saturated heterocycles. The van der Waals surface area contributed by atoms with Crippen molar-refractivity contribution in [1.82, 2.24) is 0 Å². The van der Waals surface area contributed by atoms with Crippen molar-refractivity contribution >= 4 is 35.0 Å². The highest BCUT2D eigenvalue weighted by atomic mass is 35.5. The van der Waals surface area contributed by atoms with Crippen molar-refractivity contribution in [2.45, 2.75) is 4.52 Å². The van der Waals surface area contributed by atoms with E-state index in [1.165, 1.54) is 12.2 Å². The Hall–Kier alpha value is -1.32. The molecule has 0 unspecified atom stereocenters. The van der Waals surface area contributed by atoms with Crippen LogP contribution in [0.15, 0.2) is 47.5 Å². The lowest BCUT2D eigenvalue weighted by Crippen LogP contribution is -2.18. The number of hydrogen-bond donors (Lipinski definition) is 0. The van der Waals surface area contributed by atoms with Gasteiger partial charge in [-0.2, -0.15) is 4.99 Å². The quantitative estimate of drug-likeness (QED) is 0.763. The van der Waals surface area contributed by atoms with Crippen LogP contribution in [0, 0.1) is 0 Å². The Bertz CT molecular complexity index is 466. The third-order valence-corrected chi connectivity index (χ3v) is 2.52. The van der Waals surface area contributed by atoms with E-state index in [-0.39, 0.29) is 11.8 Å². The van der Waals surface area contributed by atoms with Crippen LogP contribution in [0.3, 0.4) is 0 Å². The summed E-state index contributed by atoms with van der Waals surface area (Å²) in [5.74, 6) is -0.272. The van der Waals surface area contributed by atoms with Crippen LogP contribution in [0.1, 0.15) is 5.56 Å². The number of carbonyl (C=O) groups excluding carboxylic acids is 1. The van der Waals surface area contributed by atoms with Gasteiger partial charge in [0.2, 0.25) is 5.90 Å². The summed E-state index contributed by atoms with van der Waals surface area (Å²) < 4.78 is 3.68. The lowest BCUT2D eigenvalue weighted by Gasteiger charge is -2.20. The molecule has 1 amide bonds. The van der Waals surface area contributed by atoms with Gasteiger partial charge in [0.15, 0.2) is 0 Å². The van der Waals surface area contributed by atoms with Crippen molar-refractivity contribution in [3.8, 4) is 0 Å². The molecule has 0 atom stereocenters. The van der Waals surface area contributed by atoms with Gasteiger partial charge in [0.1, 0.15) is 0 Å². The summed E-state index contributed by atoms with van der Waals surface area (Å²) in [5.41, 5.74) is 0.578. The number of hydrogen-bond acceptors (Lipinski definition) is 2. The average molecular weight is 256 g/mol. The van der Waals surface area contributed by atoms with Crippen LogP contribution in [0.2, 0.25) is 0 Å². The fraction of sp³-hybridized carbons (Fsp3) is 0.0909. The molecule has 0 radical (unpaired) electrons. The van der Waals surface area contributed by atoms with Crippen molar-refractivity contribution in [2.75, 3.05) is 0 Å². The van der Waals surface area contributed by atoms with Gasteiger partial charge in [-0.1, -0.05) is 53.5 Å². The number of alkyl halides is 2. The number of benzene rings is 1. The number of carbonyl (C=O) groups is 1. The molecule has 0 fully saturated rings. The highest BCUT2D eigenvalue weighted by Crippen LogP contribution is 2.35. The summed E-state index contributed by atoms with van der Waals surface area (Å²) in [6.45, 7) is 0. The van der Waals surface area contributed by atoms with Gasteiger partial charge in [0, 0.05) is 17.7 Å². The molecule has 2 rings (SSSR count). The van der Waals surface area contributed by atoms with Crippen LogP contribution in [0.5, 0.6) is 0 Å². The molecule has 1 aromatic carbocycles. The normalized spacial score (nSPS) is 15.1. The summed E-state index contributed by atoms with van der Waals surface area (Å²) in [4.78, 5) is 14.4. The van der Waals surface area contributed by atoms with Crippen LogP contribution >= 0.6 is 23.2 Å². The van der Waals surface area contributed by atoms with E-state index in [1.54, 1.807) is 24.3 Å². The maximum atomic E-state index is 10.8. The van der Waals surface area contributed by atoms with Crippen LogP contribution in [-0.4, -0.2) is 11.8 Å². The van der Waals surface area contributed by atoms with Crippen molar-refractivity contribution in [2.24, 2.45) is 4.99 Å². The molecular weight excluding hydrogens is 249 g/mol. The van der Waals surface area contributed by atoms with Crippen molar-refractivity contribution < 1.29 is 9.53 Å². The van der Waals surface area contributed by atoms with Gasteiger partial charge >= 0.3 is 0 Å². The van der Waals surface area contributed by atoms with Gasteiger partial charge in [0.25, 0.3) is 10.4 Å². The van der Waals surface area contributed by atoms with Gasteiger partial charge in [-0.05, 0) is 0 Å². The maximum Gasteiger partial charge on any atom is 0.286 e. The van der Waals surface area contributed by atoms with E-state index >= 15 is 0 Å². The number of aliphatic imine (C=N–C) groups is 1. The molecule has 82 valence electrons. The summed E-state index contributed by atoms with van der Waals surface area (Å²) in [6, 6.07) is 8.86. The van der Waals surface area contributed by atoms with Gasteiger partial charge < -0.3 is 4.74 Å². The zero-order chi connectivity index (χ0) is 11.6. The van der Waals surface area contributed by atoms with E-state index in [9.17, 15) is 4.79 Å². The number of halogens is 2. The maximum absolute atomic E-state index is 10.8. The van der Waals surface area contributed by atoms with E-state index in [0.717, 1.165) is 0 Å². The van der Waals surface area contributed by atoms with Crippen molar-refractivity contribution in [1.29, 1.82) is 0 Å². The molecule has 1 aliphatic rings. The summed E-state index contributed by atoms with van der Waals surface area (Å²) in [5, 5.41) is 0. The summed E-state index contributed by atoms with van der Waals surface area (Å²) in [7, 11) is 0. The van der Waals surface area contributed by atoms with Crippen LogP contribution < -0.4 is 0 Å². The predicted molar refractivity (Wildman–Crippen MR) is 62.5 cm³/mol. The van der Waals surface area contributed by atoms with Crippen LogP contribution in [-0.2, 0) is 14.1 Å². The Morgan fingerprint density at radius 1 is 1.12 bits per heavy atom. The molecule has 16 heavy (non-hydrogen) atoms. The Kier molecular flexibility index (Phi) is 2.99. The molecule has 1 aliphatic heterocycles. The summed E-state index contributed by atoms with van der Waals surface area (Å²) >= 11 is 12.0. The standard InChI is InChI=1S/C11H7Cl2NO2/c12-11(13,8-4-2-1-3-5-8)16-10-7-6-9(15)14-10/h1-7H. The van der Waals surface area contributed by atoms with Crippen LogP contribution in [0.25, 0.3) is 0 Å². The first-order valence-electron chi connectivity index (χ1n) is 4.51. The lowest BCUT2D eigenvalue weighted by molar-refractivity contribution is -0.113. The second kappa shape index (κ2) is 4.28. The largest absolute Gasteiger partial charge is 0.437 e. The molecule has 5 heteroatoms. The minimum absolute atomic E-state index is 0.110. The third-order valence-electron chi connectivity index (χ3n) is 1.93. The van der Waals surface area contributed by atoms with Crippen LogP contribution in [0.4, 0.5) is 0 Å². The van der Waals surface area contributed by atoms with Crippen molar-refractivity contribution in [3.63, 3.8) is 0 Å². The zero-order valence-corrected chi connectivity index (χ0v) is 9.57. The molecule has 0 aliphatic carbocycles. The number of nitrogens with zero attached hydrogens (tertiary/aromatic N) is 1. The Morgan fingerprint density at radius 2 is 1.81 bits per heavy atom. The second-order valence-electron chi connectivity index (χ2n) is 3.11. The Balaban J connectivity index is 2.18. The average Bonchev–Trinajstić information content (AvgIpc) is 2.64. The monoisotopic (exact) mass is 255 g/mol. The summed E-state index contributed by atoms with van der Waals surface area (Å²) in [6.07, 6.45) is 2.70. The third kappa shape index (κ3) is 2.43. The molecule has 1 aromatic rings. The molecule has 1 heterocycles. The molecule has 0 saturated carbocycles. The van der Waals surface area contributed by atoms with Gasteiger partial charge in [-0.15, -0.1) is 0 Å². The second-order valence-corrected chi connectivity index (χ2v) is 4.36. The highest BCUT2D eigenvalue weighted by molar-refractivity contribution is 6.47. The Labute approximate surface area is 102 Å². The smallest absolute Gasteiger partial charge is 0.286 e. The number of ether oxygens (including phenoxy) is 1. The van der Waals surface area contributed by atoms with Gasteiger partial charge in [-0.3, -0.25) is 4.79 Å². The van der Waals surface area contributed by atoms with E-state index in [1.807, 2.05) is 6.07 Å².